The monoisotopic (exact) mass is 286 g/mol. The van der Waals surface area contributed by atoms with Crippen LogP contribution in [0, 0.1) is 12.7 Å². The number of amides is 1. The number of hydrogen-bond donors (Lipinski definition) is 1. The highest BCUT2D eigenvalue weighted by Gasteiger charge is 2.13. The molecular formula is C17H19FN2O. The first-order valence-corrected chi connectivity index (χ1v) is 6.80. The van der Waals surface area contributed by atoms with E-state index in [1.807, 2.05) is 24.3 Å². The molecule has 0 aliphatic heterocycles. The van der Waals surface area contributed by atoms with Crippen molar-refractivity contribution >= 4 is 5.91 Å². The van der Waals surface area contributed by atoms with E-state index >= 15 is 0 Å². The van der Waals surface area contributed by atoms with Crippen LogP contribution in [0.2, 0.25) is 0 Å². The zero-order valence-corrected chi connectivity index (χ0v) is 12.3. The highest BCUT2D eigenvalue weighted by atomic mass is 19.1. The standard InChI is InChI=1S/C17H19FN2O/c1-12-7-15(9-16(18)8-12)17(21)20(2)11-14-5-3-13(10-19)4-6-14/h3-9H,10-11,19H2,1-2H3. The molecule has 1 amide bonds. The van der Waals surface area contributed by atoms with Gasteiger partial charge in [-0.15, -0.1) is 0 Å². The van der Waals surface area contributed by atoms with Crippen molar-refractivity contribution in [2.75, 3.05) is 7.05 Å². The van der Waals surface area contributed by atoms with E-state index < -0.39 is 0 Å². The number of rotatable bonds is 4. The highest BCUT2D eigenvalue weighted by Crippen LogP contribution is 2.13. The smallest absolute Gasteiger partial charge is 0.254 e. The Bertz CT molecular complexity index is 617. The molecule has 2 N–H and O–H groups in total. The summed E-state index contributed by atoms with van der Waals surface area (Å²) >= 11 is 0. The maximum absolute atomic E-state index is 13.4. The number of carbonyl (C=O) groups excluding carboxylic acids is 1. The van der Waals surface area contributed by atoms with E-state index in [2.05, 4.69) is 0 Å². The van der Waals surface area contributed by atoms with Crippen molar-refractivity contribution in [2.45, 2.75) is 20.0 Å². The Hall–Kier alpha value is -2.20. The van der Waals surface area contributed by atoms with Crippen LogP contribution < -0.4 is 5.73 Å². The van der Waals surface area contributed by atoms with Crippen molar-refractivity contribution in [1.29, 1.82) is 0 Å². The van der Waals surface area contributed by atoms with E-state index in [1.165, 1.54) is 12.1 Å². The molecule has 3 nitrogen and oxygen atoms in total. The van der Waals surface area contributed by atoms with Crippen molar-refractivity contribution < 1.29 is 9.18 Å². The van der Waals surface area contributed by atoms with Crippen molar-refractivity contribution in [3.05, 3.63) is 70.5 Å². The van der Waals surface area contributed by atoms with Crippen LogP contribution in [-0.4, -0.2) is 17.9 Å². The van der Waals surface area contributed by atoms with Crippen molar-refractivity contribution in [1.82, 2.24) is 4.90 Å². The zero-order valence-electron chi connectivity index (χ0n) is 12.3. The molecule has 2 aromatic carbocycles. The van der Waals surface area contributed by atoms with E-state index in [4.69, 9.17) is 5.73 Å². The fourth-order valence-corrected chi connectivity index (χ4v) is 2.21. The van der Waals surface area contributed by atoms with Crippen LogP contribution in [0.1, 0.15) is 27.0 Å². The summed E-state index contributed by atoms with van der Waals surface area (Å²) in [6.07, 6.45) is 0. The lowest BCUT2D eigenvalue weighted by atomic mass is 10.1. The van der Waals surface area contributed by atoms with Gasteiger partial charge in [0.25, 0.3) is 5.91 Å². The minimum absolute atomic E-state index is 0.194. The van der Waals surface area contributed by atoms with Crippen molar-refractivity contribution in [2.24, 2.45) is 5.73 Å². The molecule has 4 heteroatoms. The molecule has 0 aliphatic carbocycles. The van der Waals surface area contributed by atoms with Gasteiger partial charge in [-0.05, 0) is 41.8 Å². The fourth-order valence-electron chi connectivity index (χ4n) is 2.21. The Kier molecular flexibility index (Phi) is 4.70. The Morgan fingerprint density at radius 3 is 2.33 bits per heavy atom. The molecule has 0 heterocycles. The Labute approximate surface area is 124 Å². The molecule has 0 fully saturated rings. The van der Waals surface area contributed by atoms with Crippen LogP contribution in [0.4, 0.5) is 4.39 Å². The summed E-state index contributed by atoms with van der Waals surface area (Å²) in [6.45, 7) is 2.74. The molecule has 0 aliphatic rings. The molecule has 2 aromatic rings. The minimum atomic E-state index is -0.390. The Balaban J connectivity index is 2.11. The van der Waals surface area contributed by atoms with E-state index in [0.29, 0.717) is 18.7 Å². The van der Waals surface area contributed by atoms with Crippen LogP contribution in [0.15, 0.2) is 42.5 Å². The van der Waals surface area contributed by atoms with Crippen molar-refractivity contribution in [3.8, 4) is 0 Å². The number of nitrogens with two attached hydrogens (primary N) is 1. The third-order valence-corrected chi connectivity index (χ3v) is 3.31. The quantitative estimate of drug-likeness (QED) is 0.939. The average molecular weight is 286 g/mol. The molecule has 0 saturated carbocycles. The third kappa shape index (κ3) is 3.89. The van der Waals surface area contributed by atoms with Gasteiger partial charge in [-0.25, -0.2) is 4.39 Å². The second-order valence-corrected chi connectivity index (χ2v) is 5.20. The Morgan fingerprint density at radius 2 is 1.76 bits per heavy atom. The number of carbonyl (C=O) groups is 1. The normalized spacial score (nSPS) is 10.5. The second kappa shape index (κ2) is 6.50. The summed E-state index contributed by atoms with van der Waals surface area (Å²) < 4.78 is 13.4. The van der Waals surface area contributed by atoms with Crippen LogP contribution in [0.5, 0.6) is 0 Å². The summed E-state index contributed by atoms with van der Waals surface area (Å²) in [5.74, 6) is -0.584. The number of hydrogen-bond acceptors (Lipinski definition) is 2. The van der Waals surface area contributed by atoms with Gasteiger partial charge in [0.2, 0.25) is 0 Å². The largest absolute Gasteiger partial charge is 0.337 e. The van der Waals surface area contributed by atoms with E-state index in [-0.39, 0.29) is 11.7 Å². The van der Waals surface area contributed by atoms with E-state index in [0.717, 1.165) is 16.7 Å². The predicted octanol–water partition coefficient (Wildman–Crippen LogP) is 2.87. The third-order valence-electron chi connectivity index (χ3n) is 3.31. The molecule has 2 rings (SSSR count). The molecule has 110 valence electrons. The molecule has 0 spiro atoms. The molecule has 0 atom stereocenters. The van der Waals surface area contributed by atoms with Crippen LogP contribution in [0.3, 0.4) is 0 Å². The van der Waals surface area contributed by atoms with Gasteiger partial charge in [0.15, 0.2) is 0 Å². The van der Waals surface area contributed by atoms with Gasteiger partial charge in [0, 0.05) is 25.7 Å². The van der Waals surface area contributed by atoms with E-state index in [1.54, 1.807) is 24.9 Å². The van der Waals surface area contributed by atoms with Gasteiger partial charge >= 0.3 is 0 Å². The fraction of sp³-hybridized carbons (Fsp3) is 0.235. The second-order valence-electron chi connectivity index (χ2n) is 5.20. The molecule has 0 saturated heterocycles. The predicted molar refractivity (Wildman–Crippen MR) is 81.3 cm³/mol. The summed E-state index contributed by atoms with van der Waals surface area (Å²) in [6, 6.07) is 12.1. The number of halogens is 1. The van der Waals surface area contributed by atoms with Gasteiger partial charge in [-0.2, -0.15) is 0 Å². The van der Waals surface area contributed by atoms with Gasteiger partial charge in [0.05, 0.1) is 0 Å². The number of nitrogens with zero attached hydrogens (tertiary/aromatic N) is 1. The lowest BCUT2D eigenvalue weighted by Gasteiger charge is -2.18. The summed E-state index contributed by atoms with van der Waals surface area (Å²) in [5, 5.41) is 0. The average Bonchev–Trinajstić information content (AvgIpc) is 2.46. The summed E-state index contributed by atoms with van der Waals surface area (Å²) in [4.78, 5) is 13.9. The van der Waals surface area contributed by atoms with Gasteiger partial charge < -0.3 is 10.6 Å². The molecule has 0 unspecified atom stereocenters. The maximum atomic E-state index is 13.4. The van der Waals surface area contributed by atoms with Crippen LogP contribution >= 0.6 is 0 Å². The SMILES string of the molecule is Cc1cc(F)cc(C(=O)N(C)Cc2ccc(CN)cc2)c1. The lowest BCUT2D eigenvalue weighted by Crippen LogP contribution is -2.26. The van der Waals surface area contributed by atoms with Crippen LogP contribution in [-0.2, 0) is 13.1 Å². The van der Waals surface area contributed by atoms with Gasteiger partial charge in [-0.1, -0.05) is 24.3 Å². The lowest BCUT2D eigenvalue weighted by molar-refractivity contribution is 0.0784. The molecule has 0 bridgehead atoms. The topological polar surface area (TPSA) is 46.3 Å². The highest BCUT2D eigenvalue weighted by molar-refractivity contribution is 5.94. The summed E-state index contributed by atoms with van der Waals surface area (Å²) in [5.41, 5.74) is 8.72. The minimum Gasteiger partial charge on any atom is -0.337 e. The first kappa shape index (κ1) is 15.2. The Morgan fingerprint density at radius 1 is 1.14 bits per heavy atom. The maximum Gasteiger partial charge on any atom is 0.254 e. The van der Waals surface area contributed by atoms with Gasteiger partial charge in [-0.3, -0.25) is 4.79 Å². The molecular weight excluding hydrogens is 267 g/mol. The zero-order chi connectivity index (χ0) is 15.4. The van der Waals surface area contributed by atoms with Gasteiger partial charge in [0.1, 0.15) is 5.82 Å². The number of benzene rings is 2. The molecule has 21 heavy (non-hydrogen) atoms. The van der Waals surface area contributed by atoms with E-state index in [9.17, 15) is 9.18 Å². The first-order chi connectivity index (χ1) is 9.99. The molecule has 0 radical (unpaired) electrons. The first-order valence-electron chi connectivity index (χ1n) is 6.80. The summed E-state index contributed by atoms with van der Waals surface area (Å²) in [7, 11) is 1.71. The van der Waals surface area contributed by atoms with Crippen LogP contribution in [0.25, 0.3) is 0 Å². The number of aryl methyl sites for hydroxylation is 1. The van der Waals surface area contributed by atoms with Crippen molar-refractivity contribution in [3.63, 3.8) is 0 Å². The molecule has 0 aromatic heterocycles.